The second-order valence-electron chi connectivity index (χ2n) is 4.90. The number of hydrogen-bond donors (Lipinski definition) is 1. The van der Waals surface area contributed by atoms with Gasteiger partial charge in [0.2, 0.25) is 0 Å². The lowest BCUT2D eigenvalue weighted by atomic mass is 10.2. The first-order chi connectivity index (χ1) is 9.75. The van der Waals surface area contributed by atoms with Gasteiger partial charge in [0.1, 0.15) is 11.5 Å². The number of amides is 1. The van der Waals surface area contributed by atoms with E-state index in [9.17, 15) is 4.79 Å². The highest BCUT2D eigenvalue weighted by Crippen LogP contribution is 2.14. The van der Waals surface area contributed by atoms with Crippen LogP contribution in [0, 0.1) is 6.92 Å². The molecule has 0 unspecified atom stereocenters. The molecule has 6 heteroatoms. The molecule has 1 aliphatic rings. The maximum atomic E-state index is 12.3. The highest BCUT2D eigenvalue weighted by molar-refractivity contribution is 5.93. The van der Waals surface area contributed by atoms with Crippen molar-refractivity contribution >= 4 is 11.7 Å². The molecule has 0 spiro atoms. The lowest BCUT2D eigenvalue weighted by Crippen LogP contribution is -2.49. The van der Waals surface area contributed by atoms with E-state index in [1.54, 1.807) is 12.4 Å². The third kappa shape index (κ3) is 2.36. The van der Waals surface area contributed by atoms with Gasteiger partial charge in [-0.2, -0.15) is 5.10 Å². The van der Waals surface area contributed by atoms with Crippen LogP contribution < -0.4 is 4.90 Å². The van der Waals surface area contributed by atoms with Crippen LogP contribution in [0.15, 0.2) is 30.6 Å². The largest absolute Gasteiger partial charge is 0.353 e. The van der Waals surface area contributed by atoms with Gasteiger partial charge in [-0.3, -0.25) is 9.89 Å². The summed E-state index contributed by atoms with van der Waals surface area (Å²) in [6.07, 6.45) is 3.47. The molecular formula is C14H17N5O. The molecule has 2 aromatic heterocycles. The number of anilines is 1. The Kier molecular flexibility index (Phi) is 3.37. The molecule has 0 radical (unpaired) electrons. The van der Waals surface area contributed by atoms with E-state index in [1.165, 1.54) is 0 Å². The van der Waals surface area contributed by atoms with Crippen molar-refractivity contribution in [3.05, 3.63) is 41.9 Å². The van der Waals surface area contributed by atoms with Gasteiger partial charge in [0.25, 0.3) is 5.91 Å². The van der Waals surface area contributed by atoms with Gasteiger partial charge in [-0.05, 0) is 24.6 Å². The summed E-state index contributed by atoms with van der Waals surface area (Å²) in [5.41, 5.74) is 1.48. The van der Waals surface area contributed by atoms with Crippen molar-refractivity contribution in [1.82, 2.24) is 20.1 Å². The fraction of sp³-hybridized carbons (Fsp3) is 0.357. The van der Waals surface area contributed by atoms with Crippen LogP contribution in [0.1, 0.15) is 16.1 Å². The van der Waals surface area contributed by atoms with Crippen LogP contribution in [0.5, 0.6) is 0 Å². The van der Waals surface area contributed by atoms with Crippen LogP contribution in [-0.4, -0.2) is 52.2 Å². The minimum atomic E-state index is 0.0284. The monoisotopic (exact) mass is 271 g/mol. The Morgan fingerprint density at radius 3 is 2.65 bits per heavy atom. The maximum Gasteiger partial charge on any atom is 0.272 e. The fourth-order valence-corrected chi connectivity index (χ4v) is 2.40. The first kappa shape index (κ1) is 12.7. The Hall–Kier alpha value is -2.37. The Morgan fingerprint density at radius 2 is 2.05 bits per heavy atom. The van der Waals surface area contributed by atoms with E-state index < -0.39 is 0 Å². The van der Waals surface area contributed by atoms with Crippen molar-refractivity contribution in [3.63, 3.8) is 0 Å². The van der Waals surface area contributed by atoms with Gasteiger partial charge in [0, 0.05) is 32.4 Å². The molecule has 3 heterocycles. The minimum absolute atomic E-state index is 0.0284. The summed E-state index contributed by atoms with van der Waals surface area (Å²) in [4.78, 5) is 20.7. The van der Waals surface area contributed by atoms with E-state index in [2.05, 4.69) is 20.1 Å². The van der Waals surface area contributed by atoms with Gasteiger partial charge in [0.15, 0.2) is 0 Å². The van der Waals surface area contributed by atoms with Crippen LogP contribution >= 0.6 is 0 Å². The Morgan fingerprint density at radius 1 is 1.25 bits per heavy atom. The summed E-state index contributed by atoms with van der Waals surface area (Å²) >= 11 is 0. The van der Waals surface area contributed by atoms with Gasteiger partial charge >= 0.3 is 0 Å². The summed E-state index contributed by atoms with van der Waals surface area (Å²) in [7, 11) is 0. The number of piperazine rings is 1. The molecule has 6 nitrogen and oxygen atoms in total. The number of rotatable bonds is 2. The van der Waals surface area contributed by atoms with E-state index in [0.717, 1.165) is 24.5 Å². The zero-order chi connectivity index (χ0) is 13.9. The van der Waals surface area contributed by atoms with Crippen molar-refractivity contribution in [1.29, 1.82) is 0 Å². The van der Waals surface area contributed by atoms with Gasteiger partial charge in [-0.25, -0.2) is 4.98 Å². The molecule has 0 aliphatic carbocycles. The first-order valence-corrected chi connectivity index (χ1v) is 6.71. The number of hydrogen-bond acceptors (Lipinski definition) is 4. The number of aromatic nitrogens is 3. The molecule has 0 atom stereocenters. The Balaban J connectivity index is 1.64. The molecule has 104 valence electrons. The zero-order valence-corrected chi connectivity index (χ0v) is 11.4. The third-order valence-electron chi connectivity index (χ3n) is 3.58. The zero-order valence-electron chi connectivity index (χ0n) is 11.4. The van der Waals surface area contributed by atoms with E-state index in [1.807, 2.05) is 30.0 Å². The van der Waals surface area contributed by atoms with Crippen molar-refractivity contribution in [2.24, 2.45) is 0 Å². The number of pyridine rings is 1. The highest BCUT2D eigenvalue weighted by atomic mass is 16.2. The number of nitrogens with one attached hydrogen (secondary N) is 1. The van der Waals surface area contributed by atoms with E-state index >= 15 is 0 Å². The van der Waals surface area contributed by atoms with Crippen LogP contribution in [-0.2, 0) is 0 Å². The van der Waals surface area contributed by atoms with Crippen LogP contribution in [0.3, 0.4) is 0 Å². The topological polar surface area (TPSA) is 65.1 Å². The normalized spacial score (nSPS) is 15.4. The van der Waals surface area contributed by atoms with E-state index in [-0.39, 0.29) is 5.91 Å². The third-order valence-corrected chi connectivity index (χ3v) is 3.58. The standard InChI is InChI=1S/C14H17N5O/c1-11-10-16-17-13(11)14(20)19-8-6-18(7-9-19)12-4-2-3-5-15-12/h2-5,10H,6-9H2,1H3,(H,16,17). The fourth-order valence-electron chi connectivity index (χ4n) is 2.40. The molecule has 3 rings (SSSR count). The number of aromatic amines is 1. The summed E-state index contributed by atoms with van der Waals surface area (Å²) in [5, 5.41) is 6.69. The second kappa shape index (κ2) is 5.32. The van der Waals surface area contributed by atoms with Crippen molar-refractivity contribution in [2.45, 2.75) is 6.92 Å². The average Bonchev–Trinajstić information content (AvgIpc) is 2.94. The molecule has 1 aliphatic heterocycles. The van der Waals surface area contributed by atoms with Gasteiger partial charge in [0.05, 0.1) is 6.20 Å². The van der Waals surface area contributed by atoms with Crippen LogP contribution in [0.4, 0.5) is 5.82 Å². The molecule has 20 heavy (non-hydrogen) atoms. The van der Waals surface area contributed by atoms with Crippen LogP contribution in [0.2, 0.25) is 0 Å². The number of aryl methyl sites for hydroxylation is 1. The van der Waals surface area contributed by atoms with E-state index in [0.29, 0.717) is 18.8 Å². The van der Waals surface area contributed by atoms with Crippen molar-refractivity contribution in [3.8, 4) is 0 Å². The molecule has 1 amide bonds. The SMILES string of the molecule is Cc1cn[nH]c1C(=O)N1CCN(c2ccccn2)CC1. The van der Waals surface area contributed by atoms with Gasteiger partial charge < -0.3 is 9.80 Å². The predicted molar refractivity (Wildman–Crippen MR) is 75.7 cm³/mol. The number of carbonyl (C=O) groups is 1. The number of H-pyrrole nitrogens is 1. The van der Waals surface area contributed by atoms with Crippen LogP contribution in [0.25, 0.3) is 0 Å². The molecule has 0 aromatic carbocycles. The lowest BCUT2D eigenvalue weighted by Gasteiger charge is -2.35. The molecule has 0 saturated carbocycles. The Labute approximate surface area is 117 Å². The summed E-state index contributed by atoms with van der Waals surface area (Å²) < 4.78 is 0. The predicted octanol–water partition coefficient (Wildman–Crippen LogP) is 1.08. The van der Waals surface area contributed by atoms with Crippen molar-refractivity contribution in [2.75, 3.05) is 31.1 Å². The van der Waals surface area contributed by atoms with Crippen molar-refractivity contribution < 1.29 is 4.79 Å². The van der Waals surface area contributed by atoms with Gasteiger partial charge in [-0.1, -0.05) is 6.07 Å². The molecular weight excluding hydrogens is 254 g/mol. The quantitative estimate of drug-likeness (QED) is 0.887. The maximum absolute atomic E-state index is 12.3. The highest BCUT2D eigenvalue weighted by Gasteiger charge is 2.24. The summed E-state index contributed by atoms with van der Waals surface area (Å²) in [6.45, 7) is 4.90. The number of nitrogens with zero attached hydrogens (tertiary/aromatic N) is 4. The molecule has 1 fully saturated rings. The number of carbonyl (C=O) groups excluding carboxylic acids is 1. The molecule has 1 N–H and O–H groups in total. The Bertz CT molecular complexity index is 587. The molecule has 2 aromatic rings. The molecule has 1 saturated heterocycles. The average molecular weight is 271 g/mol. The second-order valence-corrected chi connectivity index (χ2v) is 4.90. The molecule has 0 bridgehead atoms. The lowest BCUT2D eigenvalue weighted by molar-refractivity contribution is 0.0740. The van der Waals surface area contributed by atoms with Gasteiger partial charge in [-0.15, -0.1) is 0 Å². The smallest absolute Gasteiger partial charge is 0.272 e. The van der Waals surface area contributed by atoms with E-state index in [4.69, 9.17) is 0 Å². The summed E-state index contributed by atoms with van der Waals surface area (Å²) in [6, 6.07) is 5.88. The minimum Gasteiger partial charge on any atom is -0.353 e. The first-order valence-electron chi connectivity index (χ1n) is 6.71. The summed E-state index contributed by atoms with van der Waals surface area (Å²) in [5.74, 6) is 0.998.